The molecule has 0 unspecified atom stereocenters. The Morgan fingerprint density at radius 3 is 2.17 bits per heavy atom. The van der Waals surface area contributed by atoms with E-state index in [0.717, 1.165) is 40.1 Å². The number of hydrogen-bond acceptors (Lipinski definition) is 4. The summed E-state index contributed by atoms with van der Waals surface area (Å²) in [6, 6.07) is 23.6. The first kappa shape index (κ1) is 19.3. The van der Waals surface area contributed by atoms with Crippen molar-refractivity contribution in [2.45, 2.75) is 0 Å². The minimum absolute atomic E-state index is 0.155. The normalized spacial score (nSPS) is 10.5. The molecule has 133 valence electrons. The third kappa shape index (κ3) is 3.91. The van der Waals surface area contributed by atoms with Gasteiger partial charge in [0.1, 0.15) is 11.2 Å². The Kier molecular flexibility index (Phi) is 5.68. The van der Waals surface area contributed by atoms with Crippen molar-refractivity contribution in [3.05, 3.63) is 78.1 Å². The van der Waals surface area contributed by atoms with Crippen LogP contribution in [0.5, 0.6) is 0 Å². The molecule has 0 N–H and O–H groups in total. The topological polar surface area (TPSA) is 51.8 Å². The van der Waals surface area contributed by atoms with Gasteiger partial charge in [-0.1, -0.05) is 60.7 Å². The lowest BCUT2D eigenvalue weighted by Gasteiger charge is -2.05. The van der Waals surface area contributed by atoms with Gasteiger partial charge in [-0.15, -0.1) is 0 Å². The quantitative estimate of drug-likeness (QED) is 0.413. The average molecular weight is 390 g/mol. The molecule has 0 atom stereocenters. The van der Waals surface area contributed by atoms with Crippen LogP contribution in [0.25, 0.3) is 44.7 Å². The summed E-state index contributed by atoms with van der Waals surface area (Å²) in [5.41, 5.74) is 3.25. The van der Waals surface area contributed by atoms with E-state index in [4.69, 9.17) is 16.0 Å². The van der Waals surface area contributed by atoms with Crippen LogP contribution in [0.2, 0.25) is 5.28 Å². The Bertz CT molecular complexity index is 1280. The van der Waals surface area contributed by atoms with Gasteiger partial charge in [-0.25, -0.2) is 4.98 Å². The summed E-state index contributed by atoms with van der Waals surface area (Å²) >= 11 is 6.19. The fourth-order valence-corrected chi connectivity index (χ4v) is 3.27. The van der Waals surface area contributed by atoms with Crippen LogP contribution in [0.4, 0.5) is 0 Å². The lowest BCUT2D eigenvalue weighted by molar-refractivity contribution is 0.669. The van der Waals surface area contributed by atoms with Crippen molar-refractivity contribution in [1.29, 1.82) is 0 Å². The van der Waals surface area contributed by atoms with Crippen LogP contribution < -0.4 is 0 Å². The van der Waals surface area contributed by atoms with Gasteiger partial charge in [0, 0.05) is 38.9 Å². The molecular weight excluding hydrogens is 378 g/mol. The van der Waals surface area contributed by atoms with Crippen molar-refractivity contribution in [1.82, 2.24) is 15.0 Å². The fraction of sp³-hybridized carbons (Fsp3) is 0. The first-order chi connectivity index (χ1) is 14.2. The summed E-state index contributed by atoms with van der Waals surface area (Å²) in [6.45, 7) is 0. The number of rotatable bonds is 2. The maximum absolute atomic E-state index is 6.19. The number of aromatic nitrogens is 3. The second kappa shape index (κ2) is 8.54. The van der Waals surface area contributed by atoms with E-state index in [9.17, 15) is 0 Å². The second-order valence-electron chi connectivity index (χ2n) is 6.09. The fourth-order valence-electron chi connectivity index (χ4n) is 3.11. The smallest absolute Gasteiger partial charge is 0.226 e. The van der Waals surface area contributed by atoms with Crippen molar-refractivity contribution in [3.8, 4) is 22.8 Å². The van der Waals surface area contributed by atoms with Crippen LogP contribution in [0.3, 0.4) is 0 Å². The summed E-state index contributed by atoms with van der Waals surface area (Å²) in [5, 5.41) is 2.24. The van der Waals surface area contributed by atoms with E-state index in [1.165, 1.54) is 0 Å². The standard InChI is InChI=1S/C21H12ClN3O.B3/c22-21-24-19(13-7-2-1-3-8-13)23-20(25-21)16-11-6-10-15-14-9-4-5-12-17(14)26-18(15)16;1-3-2/h1-12H;. The highest BCUT2D eigenvalue weighted by Crippen LogP contribution is 2.35. The van der Waals surface area contributed by atoms with E-state index >= 15 is 0 Å². The van der Waals surface area contributed by atoms with Gasteiger partial charge in [-0.2, -0.15) is 9.97 Å². The maximum atomic E-state index is 6.19. The average Bonchev–Trinajstić information content (AvgIpc) is 3.13. The monoisotopic (exact) mass is 390 g/mol. The minimum atomic E-state index is 0.155. The summed E-state index contributed by atoms with van der Waals surface area (Å²) in [4.78, 5) is 13.2. The molecule has 0 saturated heterocycles. The van der Waals surface area contributed by atoms with Crippen LogP contribution in [-0.4, -0.2) is 37.5 Å². The molecule has 0 bridgehead atoms. The van der Waals surface area contributed by atoms with Gasteiger partial charge >= 0.3 is 0 Å². The Morgan fingerprint density at radius 2 is 1.38 bits per heavy atom. The van der Waals surface area contributed by atoms with E-state index in [-0.39, 0.29) is 5.28 Å². The number of hydrogen-bond donors (Lipinski definition) is 0. The van der Waals surface area contributed by atoms with Crippen LogP contribution >= 0.6 is 11.6 Å². The molecular formula is C21H12B3ClN3O. The van der Waals surface area contributed by atoms with Crippen LogP contribution in [0, 0.1) is 0 Å². The second-order valence-corrected chi connectivity index (χ2v) is 6.43. The number of benzene rings is 3. The van der Waals surface area contributed by atoms with E-state index in [0.29, 0.717) is 11.6 Å². The van der Waals surface area contributed by atoms with Gasteiger partial charge in [-0.05, 0) is 23.7 Å². The predicted molar refractivity (Wildman–Crippen MR) is 120 cm³/mol. The summed E-state index contributed by atoms with van der Waals surface area (Å²) in [7, 11) is 10.0. The molecule has 0 aliphatic rings. The zero-order valence-electron chi connectivity index (χ0n) is 15.3. The van der Waals surface area contributed by atoms with Gasteiger partial charge in [0.25, 0.3) is 0 Å². The van der Waals surface area contributed by atoms with E-state index in [1.807, 2.05) is 72.8 Å². The van der Waals surface area contributed by atoms with Gasteiger partial charge in [-0.3, -0.25) is 0 Å². The zero-order valence-corrected chi connectivity index (χ0v) is 16.0. The van der Waals surface area contributed by atoms with Gasteiger partial charge in [0.05, 0.1) is 5.56 Å². The van der Waals surface area contributed by atoms with Crippen LogP contribution in [-0.2, 0) is 0 Å². The summed E-state index contributed by atoms with van der Waals surface area (Å²) in [6.07, 6.45) is 0. The molecule has 3 aromatic carbocycles. The van der Waals surface area contributed by atoms with E-state index in [1.54, 1.807) is 0 Å². The van der Waals surface area contributed by atoms with Crippen molar-refractivity contribution in [3.63, 3.8) is 0 Å². The third-order valence-electron chi connectivity index (χ3n) is 4.29. The summed E-state index contributed by atoms with van der Waals surface area (Å²) < 4.78 is 6.08. The van der Waals surface area contributed by atoms with Crippen LogP contribution in [0.15, 0.2) is 77.2 Å². The molecule has 5 rings (SSSR count). The summed E-state index contributed by atoms with van der Waals surface area (Å²) in [5.74, 6) is 1.03. The molecule has 0 spiro atoms. The molecule has 0 fully saturated rings. The molecule has 0 saturated carbocycles. The highest BCUT2D eigenvalue weighted by atomic mass is 35.5. The number of halogens is 1. The largest absolute Gasteiger partial charge is 0.455 e. The molecule has 0 amide bonds. The van der Waals surface area contributed by atoms with Crippen molar-refractivity contribution in [2.24, 2.45) is 0 Å². The predicted octanol–water partition coefficient (Wildman–Crippen LogP) is 4.62. The number of nitrogens with zero attached hydrogens (tertiary/aromatic N) is 3. The Hall–Kier alpha value is -3.05. The van der Waals surface area contributed by atoms with Gasteiger partial charge in [0.2, 0.25) is 5.28 Å². The molecule has 5 aromatic rings. The maximum Gasteiger partial charge on any atom is 0.226 e. The molecule has 0 aliphatic heterocycles. The van der Waals surface area contributed by atoms with E-state index < -0.39 is 0 Å². The van der Waals surface area contributed by atoms with Crippen molar-refractivity contribution >= 4 is 56.1 Å². The Labute approximate surface area is 176 Å². The highest BCUT2D eigenvalue weighted by Gasteiger charge is 2.15. The molecule has 4 nitrogen and oxygen atoms in total. The van der Waals surface area contributed by atoms with Gasteiger partial charge in [0.15, 0.2) is 11.6 Å². The molecule has 2 heterocycles. The van der Waals surface area contributed by atoms with Crippen LogP contribution in [0.1, 0.15) is 0 Å². The lowest BCUT2D eigenvalue weighted by atomic mass is 9.40. The third-order valence-corrected chi connectivity index (χ3v) is 4.45. The molecule has 0 aliphatic carbocycles. The SMILES string of the molecule is Clc1nc(-c2ccccc2)nc(-c2cccc3c2oc2ccccc23)n1.[B][B][B]. The van der Waals surface area contributed by atoms with Crippen molar-refractivity contribution < 1.29 is 4.42 Å². The molecule has 8 heteroatoms. The minimum Gasteiger partial charge on any atom is -0.455 e. The number of furan rings is 1. The first-order valence-electron chi connectivity index (χ1n) is 8.84. The molecule has 2 aromatic heterocycles. The molecule has 5 radical (unpaired) electrons. The highest BCUT2D eigenvalue weighted by molar-refractivity contribution is 7.17. The molecule has 29 heavy (non-hydrogen) atoms. The number of para-hydroxylation sites is 2. The lowest BCUT2D eigenvalue weighted by Crippen LogP contribution is -1.97. The number of fused-ring (bicyclic) bond motifs is 3. The zero-order chi connectivity index (χ0) is 20.2. The Balaban J connectivity index is 0.000000645. The van der Waals surface area contributed by atoms with Gasteiger partial charge < -0.3 is 4.42 Å². The van der Waals surface area contributed by atoms with Crippen molar-refractivity contribution in [2.75, 3.05) is 0 Å². The van der Waals surface area contributed by atoms with E-state index in [2.05, 4.69) is 30.4 Å². The Morgan fingerprint density at radius 1 is 0.724 bits per heavy atom. The first-order valence-corrected chi connectivity index (χ1v) is 9.22.